The van der Waals surface area contributed by atoms with Crippen LogP contribution in [0.25, 0.3) is 0 Å². The molecule has 0 aromatic heterocycles. The van der Waals surface area contributed by atoms with Crippen LogP contribution < -0.4 is 5.32 Å². The quantitative estimate of drug-likeness (QED) is 0.606. The number of allylic oxidation sites excluding steroid dienone is 1. The SMILES string of the molecule is N#CC1=C2SCNCN2CCC1. The van der Waals surface area contributed by atoms with E-state index in [1.165, 1.54) is 5.03 Å². The van der Waals surface area contributed by atoms with E-state index >= 15 is 0 Å². The summed E-state index contributed by atoms with van der Waals surface area (Å²) < 4.78 is 0. The highest BCUT2D eigenvalue weighted by molar-refractivity contribution is 8.03. The summed E-state index contributed by atoms with van der Waals surface area (Å²) in [5, 5.41) is 13.3. The fraction of sp³-hybridized carbons (Fsp3) is 0.625. The van der Waals surface area contributed by atoms with Crippen LogP contribution in [0.1, 0.15) is 12.8 Å². The Kier molecular flexibility index (Phi) is 2.24. The van der Waals surface area contributed by atoms with Gasteiger partial charge in [0.2, 0.25) is 0 Å². The maximum absolute atomic E-state index is 8.86. The normalized spacial score (nSPS) is 23.4. The predicted octanol–water partition coefficient (Wildman–Crippen LogP) is 1.07. The molecular formula is C8H11N3S. The van der Waals surface area contributed by atoms with Crippen molar-refractivity contribution in [3.63, 3.8) is 0 Å². The molecule has 0 aromatic carbocycles. The van der Waals surface area contributed by atoms with Crippen LogP contribution in [0.3, 0.4) is 0 Å². The topological polar surface area (TPSA) is 39.1 Å². The molecule has 0 bridgehead atoms. The molecule has 3 nitrogen and oxygen atoms in total. The number of nitriles is 1. The average molecular weight is 181 g/mol. The highest BCUT2D eigenvalue weighted by Gasteiger charge is 2.22. The van der Waals surface area contributed by atoms with E-state index in [2.05, 4.69) is 16.3 Å². The van der Waals surface area contributed by atoms with Gasteiger partial charge in [-0.25, -0.2) is 0 Å². The summed E-state index contributed by atoms with van der Waals surface area (Å²) in [6.07, 6.45) is 2.09. The Hall–Kier alpha value is -0.660. The number of fused-ring (bicyclic) bond motifs is 1. The molecule has 0 aromatic rings. The zero-order valence-electron chi connectivity index (χ0n) is 6.84. The maximum atomic E-state index is 8.86. The third-order valence-corrected chi connectivity index (χ3v) is 3.28. The first-order chi connectivity index (χ1) is 5.92. The zero-order valence-corrected chi connectivity index (χ0v) is 7.65. The minimum atomic E-state index is 0.910. The summed E-state index contributed by atoms with van der Waals surface area (Å²) in [4.78, 5) is 2.26. The van der Waals surface area contributed by atoms with Crippen LogP contribution in [-0.4, -0.2) is 24.0 Å². The van der Waals surface area contributed by atoms with Crippen molar-refractivity contribution in [2.24, 2.45) is 0 Å². The van der Waals surface area contributed by atoms with E-state index in [1.807, 2.05) is 0 Å². The van der Waals surface area contributed by atoms with E-state index in [0.29, 0.717) is 0 Å². The second-order valence-corrected chi connectivity index (χ2v) is 3.92. The van der Waals surface area contributed by atoms with Gasteiger partial charge in [0.05, 0.1) is 23.3 Å². The van der Waals surface area contributed by atoms with E-state index in [0.717, 1.165) is 37.5 Å². The Morgan fingerprint density at radius 1 is 1.58 bits per heavy atom. The van der Waals surface area contributed by atoms with Gasteiger partial charge in [-0.15, -0.1) is 0 Å². The lowest BCUT2D eigenvalue weighted by Gasteiger charge is -2.35. The molecule has 0 atom stereocenters. The van der Waals surface area contributed by atoms with Gasteiger partial charge in [-0.3, -0.25) is 5.32 Å². The smallest absolute Gasteiger partial charge is 0.0974 e. The van der Waals surface area contributed by atoms with Crippen molar-refractivity contribution >= 4 is 11.8 Å². The van der Waals surface area contributed by atoms with Gasteiger partial charge in [0.1, 0.15) is 0 Å². The van der Waals surface area contributed by atoms with E-state index in [1.54, 1.807) is 11.8 Å². The average Bonchev–Trinajstić information content (AvgIpc) is 2.17. The number of nitrogens with zero attached hydrogens (tertiary/aromatic N) is 2. The lowest BCUT2D eigenvalue weighted by Crippen LogP contribution is -2.40. The van der Waals surface area contributed by atoms with Gasteiger partial charge >= 0.3 is 0 Å². The van der Waals surface area contributed by atoms with Gasteiger partial charge < -0.3 is 4.90 Å². The summed E-state index contributed by atoms with van der Waals surface area (Å²) in [5.41, 5.74) is 0.979. The molecule has 1 N–H and O–H groups in total. The number of rotatable bonds is 0. The molecule has 2 heterocycles. The molecule has 0 aliphatic carbocycles. The minimum absolute atomic E-state index is 0.910. The van der Waals surface area contributed by atoms with Gasteiger partial charge in [0.25, 0.3) is 0 Å². The Morgan fingerprint density at radius 3 is 3.33 bits per heavy atom. The predicted molar refractivity (Wildman–Crippen MR) is 49.0 cm³/mol. The minimum Gasteiger partial charge on any atom is -0.353 e. The molecular weight excluding hydrogens is 170 g/mol. The number of nitrogens with one attached hydrogen (secondary N) is 1. The Balaban J connectivity index is 2.26. The molecule has 1 fully saturated rings. The molecule has 2 aliphatic heterocycles. The van der Waals surface area contributed by atoms with Gasteiger partial charge in [-0.1, -0.05) is 11.8 Å². The Morgan fingerprint density at radius 2 is 2.50 bits per heavy atom. The van der Waals surface area contributed by atoms with Crippen molar-refractivity contribution in [3.05, 3.63) is 10.6 Å². The van der Waals surface area contributed by atoms with Gasteiger partial charge in [0, 0.05) is 12.4 Å². The summed E-state index contributed by atoms with van der Waals surface area (Å²) >= 11 is 1.75. The van der Waals surface area contributed by atoms with E-state index in [4.69, 9.17) is 5.26 Å². The first kappa shape index (κ1) is 7.96. The largest absolute Gasteiger partial charge is 0.353 e. The monoisotopic (exact) mass is 181 g/mol. The molecule has 0 radical (unpaired) electrons. The third-order valence-electron chi connectivity index (χ3n) is 2.15. The van der Waals surface area contributed by atoms with Crippen LogP contribution in [-0.2, 0) is 0 Å². The summed E-state index contributed by atoms with van der Waals surface area (Å²) in [5.74, 6) is 0.941. The number of hydrogen-bond acceptors (Lipinski definition) is 4. The van der Waals surface area contributed by atoms with Crippen LogP contribution in [0.4, 0.5) is 0 Å². The number of hydrogen-bond donors (Lipinski definition) is 1. The van der Waals surface area contributed by atoms with Crippen LogP contribution in [0, 0.1) is 11.3 Å². The molecule has 0 amide bonds. The Bertz CT molecular complexity index is 254. The maximum Gasteiger partial charge on any atom is 0.0974 e. The summed E-state index contributed by atoms with van der Waals surface area (Å²) in [7, 11) is 0. The third kappa shape index (κ3) is 1.30. The first-order valence-corrected chi connectivity index (χ1v) is 5.12. The highest BCUT2D eigenvalue weighted by Crippen LogP contribution is 2.31. The summed E-state index contributed by atoms with van der Waals surface area (Å²) in [6, 6.07) is 2.29. The number of thioether (sulfide) groups is 1. The van der Waals surface area contributed by atoms with E-state index in [9.17, 15) is 0 Å². The van der Waals surface area contributed by atoms with E-state index < -0.39 is 0 Å². The van der Waals surface area contributed by atoms with Crippen molar-refractivity contribution in [2.45, 2.75) is 12.8 Å². The van der Waals surface area contributed by atoms with Crippen molar-refractivity contribution in [1.29, 1.82) is 5.26 Å². The van der Waals surface area contributed by atoms with Crippen LogP contribution >= 0.6 is 11.8 Å². The molecule has 0 saturated carbocycles. The van der Waals surface area contributed by atoms with Crippen LogP contribution in [0.15, 0.2) is 10.6 Å². The standard InChI is InChI=1S/C8H11N3S/c9-4-7-2-1-3-11-5-10-6-12-8(7)11/h10H,1-3,5-6H2. The lowest BCUT2D eigenvalue weighted by atomic mass is 10.1. The van der Waals surface area contributed by atoms with Gasteiger partial charge in [0.15, 0.2) is 0 Å². The first-order valence-electron chi connectivity index (χ1n) is 4.13. The molecule has 4 heteroatoms. The Labute approximate surface area is 76.4 Å². The molecule has 2 rings (SSSR count). The van der Waals surface area contributed by atoms with Gasteiger partial charge in [-0.2, -0.15) is 5.26 Å². The summed E-state index contributed by atoms with van der Waals surface area (Å²) in [6.45, 7) is 2.01. The zero-order chi connectivity index (χ0) is 8.39. The fourth-order valence-corrected chi connectivity index (χ4v) is 2.57. The van der Waals surface area contributed by atoms with Crippen LogP contribution in [0.2, 0.25) is 0 Å². The lowest BCUT2D eigenvalue weighted by molar-refractivity contribution is 0.315. The molecule has 1 saturated heterocycles. The molecule has 2 aliphatic rings. The molecule has 12 heavy (non-hydrogen) atoms. The van der Waals surface area contributed by atoms with Crippen molar-refractivity contribution in [3.8, 4) is 6.07 Å². The van der Waals surface area contributed by atoms with Crippen molar-refractivity contribution in [2.75, 3.05) is 19.1 Å². The second-order valence-electron chi connectivity index (χ2n) is 2.96. The highest BCUT2D eigenvalue weighted by atomic mass is 32.2. The molecule has 0 unspecified atom stereocenters. The van der Waals surface area contributed by atoms with Crippen molar-refractivity contribution in [1.82, 2.24) is 10.2 Å². The van der Waals surface area contributed by atoms with E-state index in [-0.39, 0.29) is 0 Å². The molecule has 0 spiro atoms. The van der Waals surface area contributed by atoms with Crippen molar-refractivity contribution < 1.29 is 0 Å². The van der Waals surface area contributed by atoms with Crippen LogP contribution in [0.5, 0.6) is 0 Å². The fourth-order valence-electron chi connectivity index (χ4n) is 1.58. The van der Waals surface area contributed by atoms with Gasteiger partial charge in [-0.05, 0) is 12.8 Å². The molecule has 64 valence electrons. The second kappa shape index (κ2) is 3.38.